The van der Waals surface area contributed by atoms with E-state index < -0.39 is 57.7 Å². The maximum Gasteiger partial charge on any atom is 0.418 e. The summed E-state index contributed by atoms with van der Waals surface area (Å²) in [5.41, 5.74) is -3.78. The van der Waals surface area contributed by atoms with E-state index in [1.54, 1.807) is 13.8 Å². The fourth-order valence-corrected chi connectivity index (χ4v) is 5.33. The minimum absolute atomic E-state index is 0.141. The number of rotatable bonds is 1. The monoisotopic (exact) mass is 403 g/mol. The number of anilines is 1. The molecule has 5 nitrogen and oxygen atoms in total. The molecule has 3 heterocycles. The summed E-state index contributed by atoms with van der Waals surface area (Å²) in [4.78, 5) is 26.9. The third kappa shape index (κ3) is 2.20. The van der Waals surface area contributed by atoms with Gasteiger partial charge in [-0.3, -0.25) is 9.59 Å². The number of carbonyl (C=O) groups excluding carboxylic acids is 2. The van der Waals surface area contributed by atoms with Crippen LogP contribution in [0, 0.1) is 18.8 Å². The summed E-state index contributed by atoms with van der Waals surface area (Å²) in [6.07, 6.45) is -5.47. The van der Waals surface area contributed by atoms with Crippen LogP contribution in [0.15, 0.2) is 12.1 Å². The van der Waals surface area contributed by atoms with Crippen LogP contribution in [0.3, 0.4) is 0 Å². The molecule has 9 heteroatoms. The summed E-state index contributed by atoms with van der Waals surface area (Å²) in [7, 11) is 0. The molecule has 0 radical (unpaired) electrons. The minimum Gasteiger partial charge on any atom is -0.390 e. The number of aliphatic hydroxyl groups is 1. The largest absolute Gasteiger partial charge is 0.418 e. The number of benzene rings is 1. The number of nitrogens with zero attached hydrogens (tertiary/aromatic N) is 1. The second-order valence-electron chi connectivity index (χ2n) is 7.85. The molecular formula is C18H17ClF3NO4. The zero-order valence-corrected chi connectivity index (χ0v) is 15.5. The van der Waals surface area contributed by atoms with Crippen molar-refractivity contribution in [2.45, 2.75) is 50.7 Å². The second kappa shape index (κ2) is 5.24. The SMILES string of the molecule is Cc1c(N2C(=O)[C@@H]3[C@H](C2=O)[C@@]2(C)C[C@H](O)[C@]3(C)O2)ccc(Cl)c1C(F)(F)F. The van der Waals surface area contributed by atoms with E-state index >= 15 is 0 Å². The Hall–Kier alpha value is -1.64. The average Bonchev–Trinajstić information content (AvgIpc) is 3.01. The van der Waals surface area contributed by atoms with Crippen LogP contribution < -0.4 is 4.90 Å². The van der Waals surface area contributed by atoms with Crippen LogP contribution in [0.2, 0.25) is 5.02 Å². The number of hydrogen-bond donors (Lipinski definition) is 1. The Kier molecular flexibility index (Phi) is 3.63. The molecule has 4 rings (SSSR count). The van der Waals surface area contributed by atoms with Gasteiger partial charge in [-0.05, 0) is 38.5 Å². The van der Waals surface area contributed by atoms with Crippen molar-refractivity contribution in [3.63, 3.8) is 0 Å². The number of carbonyl (C=O) groups is 2. The maximum atomic E-state index is 13.4. The van der Waals surface area contributed by atoms with E-state index in [4.69, 9.17) is 16.3 Å². The molecule has 0 unspecified atom stereocenters. The topological polar surface area (TPSA) is 66.8 Å². The Bertz CT molecular complexity index is 888. The van der Waals surface area contributed by atoms with Crippen LogP contribution in [0.5, 0.6) is 0 Å². The minimum atomic E-state index is -4.73. The van der Waals surface area contributed by atoms with E-state index in [9.17, 15) is 27.9 Å². The highest BCUT2D eigenvalue weighted by atomic mass is 35.5. The van der Waals surface area contributed by atoms with Gasteiger partial charge in [-0.15, -0.1) is 0 Å². The van der Waals surface area contributed by atoms with Gasteiger partial charge in [0.25, 0.3) is 0 Å². The van der Waals surface area contributed by atoms with Crippen molar-refractivity contribution in [2.75, 3.05) is 4.90 Å². The fourth-order valence-electron chi connectivity index (χ4n) is 5.02. The van der Waals surface area contributed by atoms with Gasteiger partial charge in [0.2, 0.25) is 11.8 Å². The number of fused-ring (bicyclic) bond motifs is 5. The first-order valence-electron chi connectivity index (χ1n) is 8.45. The van der Waals surface area contributed by atoms with Crippen molar-refractivity contribution in [1.82, 2.24) is 0 Å². The van der Waals surface area contributed by atoms with Gasteiger partial charge >= 0.3 is 6.18 Å². The normalized spacial score (nSPS) is 38.1. The molecule has 1 aromatic carbocycles. The molecule has 5 atom stereocenters. The lowest BCUT2D eigenvalue weighted by Gasteiger charge is -2.31. The van der Waals surface area contributed by atoms with Gasteiger partial charge in [0.15, 0.2) is 0 Å². The highest BCUT2D eigenvalue weighted by molar-refractivity contribution is 6.32. The quantitative estimate of drug-likeness (QED) is 0.732. The van der Waals surface area contributed by atoms with Gasteiger partial charge in [-0.1, -0.05) is 11.6 Å². The zero-order chi connectivity index (χ0) is 20.1. The molecule has 1 aromatic rings. The summed E-state index contributed by atoms with van der Waals surface area (Å²) >= 11 is 5.72. The summed E-state index contributed by atoms with van der Waals surface area (Å²) in [6.45, 7) is 4.40. The molecule has 3 fully saturated rings. The summed E-state index contributed by atoms with van der Waals surface area (Å²) in [6, 6.07) is 2.28. The molecule has 3 saturated heterocycles. The van der Waals surface area contributed by atoms with E-state index in [0.717, 1.165) is 11.0 Å². The van der Waals surface area contributed by atoms with E-state index in [-0.39, 0.29) is 17.7 Å². The lowest BCUT2D eigenvalue weighted by molar-refractivity contribution is -0.138. The molecule has 2 amide bonds. The standard InChI is InChI=1S/C18H17ClF3NO4/c1-7-9(5-4-8(19)11(7)18(20,21)22)23-14(25)12-13(15(23)26)17(3)10(24)6-16(12,2)27-17/h4-5,10,12-13,24H,6H2,1-3H3/t10-,12+,13-,16+,17-/m0/s1. The van der Waals surface area contributed by atoms with Crippen molar-refractivity contribution < 1.29 is 32.6 Å². The van der Waals surface area contributed by atoms with Crippen LogP contribution in [-0.4, -0.2) is 34.2 Å². The number of hydrogen-bond acceptors (Lipinski definition) is 4. The molecule has 146 valence electrons. The number of imide groups is 1. The fraction of sp³-hybridized carbons (Fsp3) is 0.556. The lowest BCUT2D eigenvalue weighted by atomic mass is 9.67. The maximum absolute atomic E-state index is 13.4. The molecule has 27 heavy (non-hydrogen) atoms. The Balaban J connectivity index is 1.85. The predicted molar refractivity (Wildman–Crippen MR) is 89.2 cm³/mol. The van der Waals surface area contributed by atoms with Crippen LogP contribution in [0.1, 0.15) is 31.4 Å². The predicted octanol–water partition coefficient (Wildman–Crippen LogP) is 3.09. The molecule has 1 N–H and O–H groups in total. The van der Waals surface area contributed by atoms with Crippen LogP contribution in [0.25, 0.3) is 0 Å². The molecule has 3 aliphatic rings. The zero-order valence-electron chi connectivity index (χ0n) is 14.7. The molecule has 0 aliphatic carbocycles. The van der Waals surface area contributed by atoms with Gasteiger partial charge in [0, 0.05) is 6.42 Å². The van der Waals surface area contributed by atoms with Gasteiger partial charge in [-0.25, -0.2) is 4.90 Å². The summed E-state index contributed by atoms with van der Waals surface area (Å²) in [5, 5.41) is 9.82. The Morgan fingerprint density at radius 2 is 1.81 bits per heavy atom. The Labute approximate surface area is 158 Å². The van der Waals surface area contributed by atoms with Crippen LogP contribution in [-0.2, 0) is 20.5 Å². The molecule has 0 spiro atoms. The number of alkyl halides is 3. The van der Waals surface area contributed by atoms with Crippen molar-refractivity contribution in [3.8, 4) is 0 Å². The first-order chi connectivity index (χ1) is 12.3. The molecule has 2 bridgehead atoms. The molecule has 0 aromatic heterocycles. The van der Waals surface area contributed by atoms with Gasteiger partial charge in [0.05, 0.1) is 39.8 Å². The number of ether oxygens (including phenoxy) is 1. The number of amides is 2. The van der Waals surface area contributed by atoms with Crippen molar-refractivity contribution >= 4 is 29.1 Å². The highest BCUT2D eigenvalue weighted by Gasteiger charge is 2.75. The molecule has 0 saturated carbocycles. The first-order valence-corrected chi connectivity index (χ1v) is 8.83. The highest BCUT2D eigenvalue weighted by Crippen LogP contribution is 2.61. The van der Waals surface area contributed by atoms with Crippen molar-refractivity contribution in [1.29, 1.82) is 0 Å². The van der Waals surface area contributed by atoms with Crippen LogP contribution in [0.4, 0.5) is 18.9 Å². The molecule has 3 aliphatic heterocycles. The van der Waals surface area contributed by atoms with Crippen LogP contribution >= 0.6 is 11.6 Å². The lowest BCUT2D eigenvalue weighted by Crippen LogP contribution is -2.49. The smallest absolute Gasteiger partial charge is 0.390 e. The van der Waals surface area contributed by atoms with Gasteiger partial charge in [0.1, 0.15) is 5.60 Å². The Morgan fingerprint density at radius 1 is 1.22 bits per heavy atom. The third-order valence-corrected chi connectivity index (χ3v) is 6.52. The summed E-state index contributed by atoms with van der Waals surface area (Å²) in [5.74, 6) is -3.05. The van der Waals surface area contributed by atoms with Crippen molar-refractivity contribution in [2.24, 2.45) is 11.8 Å². The van der Waals surface area contributed by atoms with E-state index in [0.29, 0.717) is 0 Å². The number of aliphatic hydroxyl groups excluding tert-OH is 1. The average molecular weight is 404 g/mol. The summed E-state index contributed by atoms with van der Waals surface area (Å²) < 4.78 is 46.0. The van der Waals surface area contributed by atoms with E-state index in [2.05, 4.69) is 0 Å². The first kappa shape index (κ1) is 18.7. The van der Waals surface area contributed by atoms with E-state index in [1.165, 1.54) is 13.0 Å². The van der Waals surface area contributed by atoms with Gasteiger partial charge < -0.3 is 9.84 Å². The van der Waals surface area contributed by atoms with Crippen molar-refractivity contribution in [3.05, 3.63) is 28.3 Å². The Morgan fingerprint density at radius 3 is 2.41 bits per heavy atom. The van der Waals surface area contributed by atoms with E-state index in [1.807, 2.05) is 0 Å². The molecular weight excluding hydrogens is 387 g/mol. The number of halogens is 4. The van der Waals surface area contributed by atoms with Gasteiger partial charge in [-0.2, -0.15) is 13.2 Å². The third-order valence-electron chi connectivity index (χ3n) is 6.20. The second-order valence-corrected chi connectivity index (χ2v) is 8.26.